The fourth-order valence-corrected chi connectivity index (χ4v) is 2.30. The SMILES string of the molecule is Cc1c(NC(=O)N(C)CC2CC2C)cccc1C(=O)O. The number of nitrogens with zero attached hydrogens (tertiary/aromatic N) is 1. The molecule has 2 amide bonds. The van der Waals surface area contributed by atoms with Crippen LogP contribution in [0, 0.1) is 18.8 Å². The maximum absolute atomic E-state index is 12.1. The lowest BCUT2D eigenvalue weighted by molar-refractivity contribution is 0.0696. The second-order valence-electron chi connectivity index (χ2n) is 5.57. The van der Waals surface area contributed by atoms with Crippen LogP contribution in [0.4, 0.5) is 10.5 Å². The normalized spacial score (nSPS) is 20.4. The Bertz CT molecular complexity index is 542. The first-order chi connectivity index (χ1) is 9.40. The first-order valence-corrected chi connectivity index (χ1v) is 6.75. The van der Waals surface area contributed by atoms with Crippen molar-refractivity contribution in [1.82, 2.24) is 4.90 Å². The molecule has 108 valence electrons. The van der Waals surface area contributed by atoms with Gasteiger partial charge in [-0.2, -0.15) is 0 Å². The van der Waals surface area contributed by atoms with E-state index >= 15 is 0 Å². The van der Waals surface area contributed by atoms with Gasteiger partial charge in [-0.15, -0.1) is 0 Å². The van der Waals surface area contributed by atoms with E-state index in [9.17, 15) is 9.59 Å². The Hall–Kier alpha value is -2.04. The van der Waals surface area contributed by atoms with Crippen molar-refractivity contribution in [2.75, 3.05) is 18.9 Å². The smallest absolute Gasteiger partial charge is 0.336 e. The molecule has 0 saturated heterocycles. The van der Waals surface area contributed by atoms with E-state index < -0.39 is 5.97 Å². The predicted octanol–water partition coefficient (Wildman–Crippen LogP) is 2.81. The van der Waals surface area contributed by atoms with E-state index in [1.165, 1.54) is 12.5 Å². The molecule has 0 radical (unpaired) electrons. The Morgan fingerprint density at radius 2 is 2.10 bits per heavy atom. The highest BCUT2D eigenvalue weighted by atomic mass is 16.4. The Morgan fingerprint density at radius 1 is 1.45 bits per heavy atom. The minimum absolute atomic E-state index is 0.199. The van der Waals surface area contributed by atoms with Crippen LogP contribution in [0.3, 0.4) is 0 Å². The zero-order valence-electron chi connectivity index (χ0n) is 12.0. The summed E-state index contributed by atoms with van der Waals surface area (Å²) in [6, 6.07) is 4.68. The Balaban J connectivity index is 2.03. The number of aromatic carboxylic acids is 1. The number of carbonyl (C=O) groups excluding carboxylic acids is 1. The quantitative estimate of drug-likeness (QED) is 0.888. The molecule has 2 rings (SSSR count). The number of carboxylic acids is 1. The van der Waals surface area contributed by atoms with E-state index in [1.54, 1.807) is 31.0 Å². The molecule has 5 heteroatoms. The molecule has 1 aromatic carbocycles. The number of carbonyl (C=O) groups is 2. The van der Waals surface area contributed by atoms with Crippen LogP contribution < -0.4 is 5.32 Å². The third kappa shape index (κ3) is 3.10. The van der Waals surface area contributed by atoms with Crippen molar-refractivity contribution in [3.05, 3.63) is 29.3 Å². The van der Waals surface area contributed by atoms with Gasteiger partial charge in [0.05, 0.1) is 5.56 Å². The van der Waals surface area contributed by atoms with Gasteiger partial charge in [0.1, 0.15) is 0 Å². The van der Waals surface area contributed by atoms with Crippen LogP contribution in [0.15, 0.2) is 18.2 Å². The van der Waals surface area contributed by atoms with Crippen LogP contribution in [0.1, 0.15) is 29.3 Å². The molecule has 0 aliphatic heterocycles. The maximum Gasteiger partial charge on any atom is 0.336 e. The van der Waals surface area contributed by atoms with Gasteiger partial charge in [-0.25, -0.2) is 9.59 Å². The molecule has 20 heavy (non-hydrogen) atoms. The van der Waals surface area contributed by atoms with Gasteiger partial charge in [0.2, 0.25) is 0 Å². The standard InChI is InChI=1S/C15H20N2O3/c1-9-7-11(9)8-17(3)15(20)16-13-6-4-5-12(10(13)2)14(18)19/h4-6,9,11H,7-8H2,1-3H3,(H,16,20)(H,18,19). The number of benzene rings is 1. The van der Waals surface area contributed by atoms with E-state index in [-0.39, 0.29) is 11.6 Å². The zero-order chi connectivity index (χ0) is 14.9. The second-order valence-corrected chi connectivity index (χ2v) is 5.57. The second kappa shape index (κ2) is 5.53. The molecule has 2 unspecified atom stereocenters. The summed E-state index contributed by atoms with van der Waals surface area (Å²) in [7, 11) is 1.76. The predicted molar refractivity (Wildman–Crippen MR) is 77.1 cm³/mol. The highest BCUT2D eigenvalue weighted by Crippen LogP contribution is 2.38. The Kier molecular flexibility index (Phi) is 3.97. The molecule has 2 N–H and O–H groups in total. The fourth-order valence-electron chi connectivity index (χ4n) is 2.30. The first kappa shape index (κ1) is 14.4. The van der Waals surface area contributed by atoms with Crippen LogP contribution in [-0.2, 0) is 0 Å². The molecule has 0 spiro atoms. The van der Waals surface area contributed by atoms with Gasteiger partial charge in [0.25, 0.3) is 0 Å². The van der Waals surface area contributed by atoms with Crippen LogP contribution in [-0.4, -0.2) is 35.6 Å². The topological polar surface area (TPSA) is 69.6 Å². The fraction of sp³-hybridized carbons (Fsp3) is 0.467. The summed E-state index contributed by atoms with van der Waals surface area (Å²) in [5, 5.41) is 11.8. The van der Waals surface area contributed by atoms with E-state index in [0.717, 1.165) is 6.54 Å². The number of hydrogen-bond donors (Lipinski definition) is 2. The summed E-state index contributed by atoms with van der Waals surface area (Å²) in [4.78, 5) is 24.8. The van der Waals surface area contributed by atoms with Crippen molar-refractivity contribution in [3.63, 3.8) is 0 Å². The molecule has 1 aliphatic rings. The van der Waals surface area contributed by atoms with E-state index in [2.05, 4.69) is 12.2 Å². The average molecular weight is 276 g/mol. The van der Waals surface area contributed by atoms with Crippen molar-refractivity contribution >= 4 is 17.7 Å². The van der Waals surface area contributed by atoms with E-state index in [0.29, 0.717) is 23.1 Å². The molecule has 1 aliphatic carbocycles. The van der Waals surface area contributed by atoms with Crippen LogP contribution >= 0.6 is 0 Å². The molecule has 0 heterocycles. The number of nitrogens with one attached hydrogen (secondary N) is 1. The average Bonchev–Trinajstić information content (AvgIpc) is 3.06. The zero-order valence-corrected chi connectivity index (χ0v) is 12.0. The van der Waals surface area contributed by atoms with Crippen LogP contribution in [0.2, 0.25) is 0 Å². The summed E-state index contributed by atoms with van der Waals surface area (Å²) < 4.78 is 0. The number of urea groups is 1. The molecule has 1 fully saturated rings. The van der Waals surface area contributed by atoms with Crippen LogP contribution in [0.25, 0.3) is 0 Å². The summed E-state index contributed by atoms with van der Waals surface area (Å²) in [5.74, 6) is 0.304. The van der Waals surface area contributed by atoms with Crippen LogP contribution in [0.5, 0.6) is 0 Å². The van der Waals surface area contributed by atoms with Gasteiger partial charge in [-0.05, 0) is 42.9 Å². The number of anilines is 1. The number of carboxylic acid groups (broad SMARTS) is 1. The maximum atomic E-state index is 12.1. The monoisotopic (exact) mass is 276 g/mol. The van der Waals surface area contributed by atoms with Gasteiger partial charge >= 0.3 is 12.0 Å². The molecule has 1 aromatic rings. The molecule has 0 bridgehead atoms. The molecule has 1 saturated carbocycles. The molecule has 5 nitrogen and oxygen atoms in total. The number of hydrogen-bond acceptors (Lipinski definition) is 2. The lowest BCUT2D eigenvalue weighted by Gasteiger charge is -2.19. The van der Waals surface area contributed by atoms with Crippen molar-refractivity contribution < 1.29 is 14.7 Å². The largest absolute Gasteiger partial charge is 0.478 e. The summed E-state index contributed by atoms with van der Waals surface area (Å²) >= 11 is 0. The molecular weight excluding hydrogens is 256 g/mol. The number of rotatable bonds is 4. The van der Waals surface area contributed by atoms with Gasteiger partial charge in [0, 0.05) is 19.3 Å². The minimum atomic E-state index is -0.987. The van der Waals surface area contributed by atoms with E-state index in [4.69, 9.17) is 5.11 Å². The van der Waals surface area contributed by atoms with Gasteiger partial charge in [-0.1, -0.05) is 13.0 Å². The Labute approximate surface area is 118 Å². The minimum Gasteiger partial charge on any atom is -0.478 e. The van der Waals surface area contributed by atoms with Crippen molar-refractivity contribution in [3.8, 4) is 0 Å². The summed E-state index contributed by atoms with van der Waals surface area (Å²) in [6.07, 6.45) is 1.17. The Morgan fingerprint density at radius 3 is 2.65 bits per heavy atom. The summed E-state index contributed by atoms with van der Waals surface area (Å²) in [6.45, 7) is 4.61. The van der Waals surface area contributed by atoms with Gasteiger partial charge in [0.15, 0.2) is 0 Å². The summed E-state index contributed by atoms with van der Waals surface area (Å²) in [5.41, 5.74) is 1.33. The van der Waals surface area contributed by atoms with Crippen molar-refractivity contribution in [2.24, 2.45) is 11.8 Å². The molecular formula is C15H20N2O3. The third-order valence-electron chi connectivity index (χ3n) is 3.94. The van der Waals surface area contributed by atoms with Crippen molar-refractivity contribution in [2.45, 2.75) is 20.3 Å². The number of amides is 2. The van der Waals surface area contributed by atoms with Gasteiger partial charge < -0.3 is 15.3 Å². The third-order valence-corrected chi connectivity index (χ3v) is 3.94. The lowest BCUT2D eigenvalue weighted by Crippen LogP contribution is -2.33. The highest BCUT2D eigenvalue weighted by Gasteiger charge is 2.34. The van der Waals surface area contributed by atoms with E-state index in [1.807, 2.05) is 0 Å². The highest BCUT2D eigenvalue weighted by molar-refractivity contribution is 5.95. The van der Waals surface area contributed by atoms with Gasteiger partial charge in [-0.3, -0.25) is 0 Å². The lowest BCUT2D eigenvalue weighted by atomic mass is 10.1. The molecule has 0 aromatic heterocycles. The first-order valence-electron chi connectivity index (χ1n) is 6.75. The molecule has 2 atom stereocenters. The van der Waals surface area contributed by atoms with Crippen molar-refractivity contribution in [1.29, 1.82) is 0 Å².